The molecule has 3 nitrogen and oxygen atoms in total. The molecule has 2 aromatic rings. The maximum Gasteiger partial charge on any atom is 0.131 e. The number of benzene rings is 1. The van der Waals surface area contributed by atoms with Gasteiger partial charge in [-0.05, 0) is 22.0 Å². The van der Waals surface area contributed by atoms with E-state index in [2.05, 4.69) is 21.0 Å². The summed E-state index contributed by atoms with van der Waals surface area (Å²) in [4.78, 5) is 0. The molecule has 2 rings (SSSR count). The molecule has 6 heteroatoms. The van der Waals surface area contributed by atoms with E-state index in [0.29, 0.717) is 10.2 Å². The topological polar surface area (TPSA) is 43.8 Å². The number of nitrogens with two attached hydrogens (primary N) is 1. The fraction of sp³-hybridized carbons (Fsp3) is 0.182. The molecule has 0 spiro atoms. The highest BCUT2D eigenvalue weighted by Gasteiger charge is 2.20. The first-order valence-electron chi connectivity index (χ1n) is 4.88. The second-order valence-electron chi connectivity index (χ2n) is 3.64. The number of hydrogen-bond acceptors (Lipinski definition) is 2. The van der Waals surface area contributed by atoms with Gasteiger partial charge in [-0.1, -0.05) is 6.07 Å². The Bertz CT molecular complexity index is 534. The van der Waals surface area contributed by atoms with E-state index in [4.69, 9.17) is 5.73 Å². The zero-order chi connectivity index (χ0) is 12.6. The fourth-order valence-corrected chi connectivity index (χ4v) is 2.27. The standard InChI is InChI=1S/C11H10BrF2N3/c1-17-11(8(12)5-16-17)10(15)7-3-2-6(13)4-9(7)14/h2-5,10H,15H2,1H3. The van der Waals surface area contributed by atoms with Crippen molar-refractivity contribution in [3.8, 4) is 0 Å². The van der Waals surface area contributed by atoms with Crippen molar-refractivity contribution in [2.24, 2.45) is 12.8 Å². The summed E-state index contributed by atoms with van der Waals surface area (Å²) in [5.41, 5.74) is 6.83. The van der Waals surface area contributed by atoms with Gasteiger partial charge in [-0.15, -0.1) is 0 Å². The highest BCUT2D eigenvalue weighted by molar-refractivity contribution is 9.10. The maximum absolute atomic E-state index is 13.6. The van der Waals surface area contributed by atoms with Crippen molar-refractivity contribution in [3.63, 3.8) is 0 Å². The van der Waals surface area contributed by atoms with Crippen LogP contribution < -0.4 is 5.73 Å². The van der Waals surface area contributed by atoms with Crippen molar-refractivity contribution in [1.82, 2.24) is 9.78 Å². The molecule has 0 bridgehead atoms. The van der Waals surface area contributed by atoms with Gasteiger partial charge in [0.1, 0.15) is 11.6 Å². The molecule has 0 aliphatic heterocycles. The SMILES string of the molecule is Cn1ncc(Br)c1C(N)c1ccc(F)cc1F. The Kier molecular flexibility index (Phi) is 3.26. The summed E-state index contributed by atoms with van der Waals surface area (Å²) in [7, 11) is 1.71. The molecule has 0 aliphatic rings. The van der Waals surface area contributed by atoms with Crippen LogP contribution in [0.2, 0.25) is 0 Å². The van der Waals surface area contributed by atoms with Crippen LogP contribution in [0.5, 0.6) is 0 Å². The largest absolute Gasteiger partial charge is 0.319 e. The van der Waals surface area contributed by atoms with Crippen LogP contribution in [0.3, 0.4) is 0 Å². The number of hydrogen-bond donors (Lipinski definition) is 1. The van der Waals surface area contributed by atoms with E-state index in [1.54, 1.807) is 17.9 Å². The van der Waals surface area contributed by atoms with Gasteiger partial charge in [0, 0.05) is 18.7 Å². The summed E-state index contributed by atoms with van der Waals surface area (Å²) in [5, 5.41) is 4.00. The molecule has 1 aromatic carbocycles. The van der Waals surface area contributed by atoms with Gasteiger partial charge in [-0.25, -0.2) is 8.78 Å². The summed E-state index contributed by atoms with van der Waals surface area (Å²) in [6.07, 6.45) is 1.58. The van der Waals surface area contributed by atoms with Gasteiger partial charge in [0.2, 0.25) is 0 Å². The summed E-state index contributed by atoms with van der Waals surface area (Å²) < 4.78 is 28.6. The molecule has 0 fully saturated rings. The predicted octanol–water partition coefficient (Wildman–Crippen LogP) is 2.51. The number of nitrogens with zero attached hydrogens (tertiary/aromatic N) is 2. The van der Waals surface area contributed by atoms with E-state index in [0.717, 1.165) is 6.07 Å². The number of halogens is 3. The second kappa shape index (κ2) is 4.54. The first kappa shape index (κ1) is 12.2. The van der Waals surface area contributed by atoms with Crippen LogP contribution >= 0.6 is 15.9 Å². The minimum Gasteiger partial charge on any atom is -0.319 e. The first-order chi connectivity index (χ1) is 8.00. The summed E-state index contributed by atoms with van der Waals surface area (Å²) >= 11 is 3.29. The Balaban J connectivity index is 2.47. The lowest BCUT2D eigenvalue weighted by Crippen LogP contribution is -2.18. The smallest absolute Gasteiger partial charge is 0.131 e. The third-order valence-corrected chi connectivity index (χ3v) is 3.14. The molecule has 1 heterocycles. The van der Waals surface area contributed by atoms with E-state index in [1.807, 2.05) is 0 Å². The molecule has 90 valence electrons. The Labute approximate surface area is 105 Å². The van der Waals surface area contributed by atoms with Gasteiger partial charge in [0.05, 0.1) is 22.4 Å². The molecule has 0 saturated heterocycles. The Hall–Kier alpha value is -1.27. The van der Waals surface area contributed by atoms with Crippen molar-refractivity contribution >= 4 is 15.9 Å². The van der Waals surface area contributed by atoms with Crippen molar-refractivity contribution < 1.29 is 8.78 Å². The lowest BCUT2D eigenvalue weighted by Gasteiger charge is -2.14. The molecule has 2 N–H and O–H groups in total. The highest BCUT2D eigenvalue weighted by atomic mass is 79.9. The van der Waals surface area contributed by atoms with Gasteiger partial charge in [-0.3, -0.25) is 4.68 Å². The van der Waals surface area contributed by atoms with Gasteiger partial charge >= 0.3 is 0 Å². The number of aryl methyl sites for hydroxylation is 1. The van der Waals surface area contributed by atoms with Crippen LogP contribution in [-0.2, 0) is 7.05 Å². The van der Waals surface area contributed by atoms with Crippen molar-refractivity contribution in [2.45, 2.75) is 6.04 Å². The molecular formula is C11H10BrF2N3. The van der Waals surface area contributed by atoms with Crippen LogP contribution in [0.15, 0.2) is 28.9 Å². The molecule has 0 saturated carbocycles. The van der Waals surface area contributed by atoms with E-state index in [-0.39, 0.29) is 5.56 Å². The third kappa shape index (κ3) is 2.23. The molecule has 1 aromatic heterocycles. The van der Waals surface area contributed by atoms with Crippen LogP contribution in [-0.4, -0.2) is 9.78 Å². The minimum atomic E-state index is -0.697. The minimum absolute atomic E-state index is 0.232. The van der Waals surface area contributed by atoms with E-state index in [1.165, 1.54) is 12.1 Å². The van der Waals surface area contributed by atoms with Gasteiger partial charge < -0.3 is 5.73 Å². The second-order valence-corrected chi connectivity index (χ2v) is 4.50. The van der Waals surface area contributed by atoms with Crippen LogP contribution in [0.4, 0.5) is 8.78 Å². The summed E-state index contributed by atoms with van der Waals surface area (Å²) in [5.74, 6) is -1.28. The van der Waals surface area contributed by atoms with Crippen molar-refractivity contribution in [2.75, 3.05) is 0 Å². The van der Waals surface area contributed by atoms with Crippen LogP contribution in [0.1, 0.15) is 17.3 Å². The van der Waals surface area contributed by atoms with Crippen LogP contribution in [0, 0.1) is 11.6 Å². The molecular weight excluding hydrogens is 292 g/mol. The molecule has 17 heavy (non-hydrogen) atoms. The van der Waals surface area contributed by atoms with E-state index < -0.39 is 17.7 Å². The zero-order valence-corrected chi connectivity index (χ0v) is 10.6. The molecule has 0 amide bonds. The van der Waals surface area contributed by atoms with E-state index >= 15 is 0 Å². The first-order valence-corrected chi connectivity index (χ1v) is 5.68. The molecule has 1 unspecified atom stereocenters. The molecule has 0 aliphatic carbocycles. The van der Waals surface area contributed by atoms with Gasteiger partial charge in [-0.2, -0.15) is 5.10 Å². The van der Waals surface area contributed by atoms with Crippen molar-refractivity contribution in [3.05, 3.63) is 51.8 Å². The van der Waals surface area contributed by atoms with E-state index in [9.17, 15) is 8.78 Å². The Morgan fingerprint density at radius 2 is 2.12 bits per heavy atom. The molecule has 0 radical (unpaired) electrons. The average molecular weight is 302 g/mol. The Morgan fingerprint density at radius 1 is 1.41 bits per heavy atom. The van der Waals surface area contributed by atoms with Gasteiger partial charge in [0.15, 0.2) is 0 Å². The van der Waals surface area contributed by atoms with Gasteiger partial charge in [0.25, 0.3) is 0 Å². The Morgan fingerprint density at radius 3 is 2.65 bits per heavy atom. The fourth-order valence-electron chi connectivity index (χ4n) is 1.67. The predicted molar refractivity (Wildman–Crippen MR) is 63.3 cm³/mol. The quantitative estimate of drug-likeness (QED) is 0.926. The molecule has 1 atom stereocenters. The van der Waals surface area contributed by atoms with Crippen molar-refractivity contribution in [1.29, 1.82) is 0 Å². The monoisotopic (exact) mass is 301 g/mol. The summed E-state index contributed by atoms with van der Waals surface area (Å²) in [6.45, 7) is 0. The highest BCUT2D eigenvalue weighted by Crippen LogP contribution is 2.27. The normalized spacial score (nSPS) is 12.8. The van der Waals surface area contributed by atoms with Crippen LogP contribution in [0.25, 0.3) is 0 Å². The number of aromatic nitrogens is 2. The lowest BCUT2D eigenvalue weighted by atomic mass is 10.0. The lowest BCUT2D eigenvalue weighted by molar-refractivity contribution is 0.559. The average Bonchev–Trinajstić information content (AvgIpc) is 2.58. The number of rotatable bonds is 2. The zero-order valence-electron chi connectivity index (χ0n) is 8.99. The third-order valence-electron chi connectivity index (χ3n) is 2.53. The maximum atomic E-state index is 13.6. The summed E-state index contributed by atoms with van der Waals surface area (Å²) in [6, 6.07) is 2.65.